The van der Waals surface area contributed by atoms with Crippen LogP contribution in [0.15, 0.2) is 56.9 Å². The van der Waals surface area contributed by atoms with Gasteiger partial charge in [-0.1, -0.05) is 39.8 Å². The van der Waals surface area contributed by atoms with Gasteiger partial charge in [-0.25, -0.2) is 0 Å². The normalized spacial score (nSPS) is 10.6. The van der Waals surface area contributed by atoms with Gasteiger partial charge in [0.2, 0.25) is 5.82 Å². The summed E-state index contributed by atoms with van der Waals surface area (Å²) in [5, 5.41) is 11.8. The van der Waals surface area contributed by atoms with Crippen LogP contribution in [0.1, 0.15) is 5.56 Å². The van der Waals surface area contributed by atoms with Crippen molar-refractivity contribution in [2.24, 2.45) is 7.05 Å². The van der Waals surface area contributed by atoms with E-state index in [4.69, 9.17) is 9.47 Å². The van der Waals surface area contributed by atoms with Crippen molar-refractivity contribution in [3.8, 4) is 11.5 Å². The second-order valence-electron chi connectivity index (χ2n) is 5.81. The van der Waals surface area contributed by atoms with E-state index >= 15 is 0 Å². The predicted octanol–water partition coefficient (Wildman–Crippen LogP) is 3.99. The number of hydrogen-bond donors (Lipinski definition) is 1. The Morgan fingerprint density at radius 3 is 2.61 bits per heavy atom. The Morgan fingerprint density at radius 2 is 1.89 bits per heavy atom. The minimum absolute atomic E-state index is 0.177. The third-order valence-electron chi connectivity index (χ3n) is 3.93. The van der Waals surface area contributed by atoms with Crippen LogP contribution < -0.4 is 20.3 Å². The van der Waals surface area contributed by atoms with Gasteiger partial charge in [-0.2, -0.15) is 0 Å². The molecule has 146 valence electrons. The standard InChI is InChI=1S/C19H19BrN4O3S/c1-24-18(25)17(21-14-6-4-5-13(20)10-14)22-23-19(24)28-11-12-7-8-15(26-2)16(9-12)27-3/h4-10H,11H2,1-3H3,(H,21,22). The van der Waals surface area contributed by atoms with Crippen LogP contribution in [-0.4, -0.2) is 29.0 Å². The van der Waals surface area contributed by atoms with Gasteiger partial charge >= 0.3 is 0 Å². The second-order valence-corrected chi connectivity index (χ2v) is 7.67. The molecule has 1 aromatic heterocycles. The van der Waals surface area contributed by atoms with Crippen molar-refractivity contribution in [1.29, 1.82) is 0 Å². The Hall–Kier alpha value is -2.52. The van der Waals surface area contributed by atoms with E-state index in [2.05, 4.69) is 31.4 Å². The topological polar surface area (TPSA) is 78.3 Å². The summed E-state index contributed by atoms with van der Waals surface area (Å²) in [6.07, 6.45) is 0. The molecule has 0 aliphatic heterocycles. The first kappa shape index (κ1) is 20.2. The molecule has 0 bridgehead atoms. The number of aromatic nitrogens is 3. The van der Waals surface area contributed by atoms with Gasteiger partial charge in [-0.3, -0.25) is 9.36 Å². The number of thioether (sulfide) groups is 1. The molecule has 0 saturated carbocycles. The number of rotatable bonds is 7. The van der Waals surface area contributed by atoms with Gasteiger partial charge in [0, 0.05) is 23.0 Å². The molecule has 1 heterocycles. The summed E-state index contributed by atoms with van der Waals surface area (Å²) in [7, 11) is 4.88. The maximum absolute atomic E-state index is 12.6. The van der Waals surface area contributed by atoms with Crippen molar-refractivity contribution in [3.05, 3.63) is 62.9 Å². The van der Waals surface area contributed by atoms with Gasteiger partial charge < -0.3 is 14.8 Å². The molecule has 0 amide bonds. The molecule has 9 heteroatoms. The number of nitrogens with one attached hydrogen (secondary N) is 1. The second kappa shape index (κ2) is 9.11. The lowest BCUT2D eigenvalue weighted by Crippen LogP contribution is -2.24. The zero-order valence-corrected chi connectivity index (χ0v) is 18.0. The van der Waals surface area contributed by atoms with Crippen molar-refractivity contribution in [2.75, 3.05) is 19.5 Å². The average molecular weight is 463 g/mol. The van der Waals surface area contributed by atoms with E-state index in [9.17, 15) is 4.79 Å². The molecular formula is C19H19BrN4O3S. The molecule has 7 nitrogen and oxygen atoms in total. The highest BCUT2D eigenvalue weighted by atomic mass is 79.9. The van der Waals surface area contributed by atoms with Gasteiger partial charge in [0.15, 0.2) is 16.7 Å². The van der Waals surface area contributed by atoms with E-state index < -0.39 is 0 Å². The van der Waals surface area contributed by atoms with Gasteiger partial charge in [-0.15, -0.1) is 10.2 Å². The molecule has 0 atom stereocenters. The van der Waals surface area contributed by atoms with Crippen molar-refractivity contribution >= 4 is 39.2 Å². The minimum atomic E-state index is -0.246. The molecule has 0 unspecified atom stereocenters. The molecule has 1 N–H and O–H groups in total. The molecule has 0 aliphatic carbocycles. The molecule has 0 fully saturated rings. The lowest BCUT2D eigenvalue weighted by Gasteiger charge is -2.11. The summed E-state index contributed by atoms with van der Waals surface area (Å²) >= 11 is 4.82. The summed E-state index contributed by atoms with van der Waals surface area (Å²) < 4.78 is 13.0. The van der Waals surface area contributed by atoms with Crippen LogP contribution in [0.5, 0.6) is 11.5 Å². The fourth-order valence-corrected chi connectivity index (χ4v) is 3.72. The third kappa shape index (κ3) is 4.66. The number of benzene rings is 2. The number of ether oxygens (including phenoxy) is 2. The Bertz CT molecular complexity index is 1040. The predicted molar refractivity (Wildman–Crippen MR) is 114 cm³/mol. The van der Waals surface area contributed by atoms with Gasteiger partial charge in [0.1, 0.15) is 0 Å². The SMILES string of the molecule is COc1ccc(CSc2nnc(Nc3cccc(Br)c3)c(=O)n2C)cc1OC. The highest BCUT2D eigenvalue weighted by Crippen LogP contribution is 2.30. The smallest absolute Gasteiger partial charge is 0.297 e. The Labute approximate surface area is 175 Å². The van der Waals surface area contributed by atoms with Crippen LogP contribution >= 0.6 is 27.7 Å². The molecule has 0 saturated heterocycles. The Morgan fingerprint density at radius 1 is 1.11 bits per heavy atom. The number of anilines is 2. The molecule has 0 spiro atoms. The summed E-state index contributed by atoms with van der Waals surface area (Å²) in [5.41, 5.74) is 1.53. The highest BCUT2D eigenvalue weighted by Gasteiger charge is 2.11. The Balaban J connectivity index is 1.75. The highest BCUT2D eigenvalue weighted by molar-refractivity contribution is 9.10. The number of halogens is 1. The van der Waals surface area contributed by atoms with Crippen molar-refractivity contribution < 1.29 is 9.47 Å². The Kier molecular flexibility index (Phi) is 6.58. The number of nitrogens with zero attached hydrogens (tertiary/aromatic N) is 3. The van der Waals surface area contributed by atoms with Crippen LogP contribution in [0.4, 0.5) is 11.5 Å². The molecule has 28 heavy (non-hydrogen) atoms. The van der Waals surface area contributed by atoms with Crippen LogP contribution in [0, 0.1) is 0 Å². The van der Waals surface area contributed by atoms with Crippen molar-refractivity contribution in [2.45, 2.75) is 10.9 Å². The summed E-state index contributed by atoms with van der Waals surface area (Å²) in [6.45, 7) is 0. The van der Waals surface area contributed by atoms with E-state index in [1.807, 2.05) is 42.5 Å². The lowest BCUT2D eigenvalue weighted by atomic mass is 10.2. The van der Waals surface area contributed by atoms with Crippen LogP contribution in [0.25, 0.3) is 0 Å². The molecule has 3 rings (SSSR count). The minimum Gasteiger partial charge on any atom is -0.493 e. The molecule has 0 radical (unpaired) electrons. The summed E-state index contributed by atoms with van der Waals surface area (Å²) in [5.74, 6) is 2.12. The van der Waals surface area contributed by atoms with Crippen molar-refractivity contribution in [3.63, 3.8) is 0 Å². The van der Waals surface area contributed by atoms with Crippen LogP contribution in [0.3, 0.4) is 0 Å². The average Bonchev–Trinajstić information content (AvgIpc) is 2.70. The van der Waals surface area contributed by atoms with Gasteiger partial charge in [0.25, 0.3) is 5.56 Å². The quantitative estimate of drug-likeness (QED) is 0.531. The molecule has 0 aliphatic rings. The third-order valence-corrected chi connectivity index (χ3v) is 5.52. The maximum atomic E-state index is 12.6. The zero-order chi connectivity index (χ0) is 20.1. The summed E-state index contributed by atoms with van der Waals surface area (Å²) in [6, 6.07) is 13.2. The summed E-state index contributed by atoms with van der Waals surface area (Å²) in [4.78, 5) is 12.6. The first-order valence-corrected chi connectivity index (χ1v) is 10.1. The first-order chi connectivity index (χ1) is 13.5. The first-order valence-electron chi connectivity index (χ1n) is 8.32. The molecule has 3 aromatic rings. The fraction of sp³-hybridized carbons (Fsp3) is 0.211. The number of hydrogen-bond acceptors (Lipinski definition) is 7. The van der Waals surface area contributed by atoms with Crippen LogP contribution in [0.2, 0.25) is 0 Å². The van der Waals surface area contributed by atoms with E-state index in [0.29, 0.717) is 22.4 Å². The van der Waals surface area contributed by atoms with E-state index in [-0.39, 0.29) is 11.4 Å². The van der Waals surface area contributed by atoms with E-state index in [1.165, 1.54) is 16.3 Å². The lowest BCUT2D eigenvalue weighted by molar-refractivity contribution is 0.354. The zero-order valence-electron chi connectivity index (χ0n) is 15.6. The monoisotopic (exact) mass is 462 g/mol. The van der Waals surface area contributed by atoms with Gasteiger partial charge in [0.05, 0.1) is 14.2 Å². The largest absolute Gasteiger partial charge is 0.493 e. The van der Waals surface area contributed by atoms with E-state index in [1.54, 1.807) is 21.3 Å². The molecule has 2 aromatic carbocycles. The maximum Gasteiger partial charge on any atom is 0.297 e. The van der Waals surface area contributed by atoms with Crippen LogP contribution in [-0.2, 0) is 12.8 Å². The fourth-order valence-electron chi connectivity index (χ4n) is 2.47. The number of methoxy groups -OCH3 is 2. The molecular weight excluding hydrogens is 444 g/mol. The van der Waals surface area contributed by atoms with Crippen molar-refractivity contribution in [1.82, 2.24) is 14.8 Å². The van der Waals surface area contributed by atoms with E-state index in [0.717, 1.165) is 15.7 Å². The van der Waals surface area contributed by atoms with Gasteiger partial charge in [-0.05, 0) is 35.9 Å².